The van der Waals surface area contributed by atoms with Crippen molar-refractivity contribution in [3.63, 3.8) is 0 Å². The van der Waals surface area contributed by atoms with Gasteiger partial charge in [-0.15, -0.1) is 0 Å². The lowest BCUT2D eigenvalue weighted by Gasteiger charge is -2.53. The number of hydrogen-bond acceptors (Lipinski definition) is 29. The van der Waals surface area contributed by atoms with Crippen LogP contribution in [0.4, 0.5) is 0 Å². The van der Waals surface area contributed by atoms with Gasteiger partial charge in [0.15, 0.2) is 25.0 Å². The highest BCUT2D eigenvalue weighted by Crippen LogP contribution is 2.46. The molecule has 4 aliphatic carbocycles. The van der Waals surface area contributed by atoms with Crippen LogP contribution >= 0.6 is 0 Å². The fourth-order valence-corrected chi connectivity index (χ4v) is 13.1. The highest BCUT2D eigenvalue weighted by atomic mass is 16.8. The molecule has 4 saturated carbocycles. The Bertz CT molecular complexity index is 2250. The maximum atomic E-state index is 13.6. The quantitative estimate of drug-likeness (QED) is 0.0223. The molecule has 8 aliphatic rings. The van der Waals surface area contributed by atoms with Gasteiger partial charge >= 0.3 is 23.9 Å². The third kappa shape index (κ3) is 16.9. The number of aliphatic hydroxyl groups excluding tert-OH is 12. The maximum Gasteiger partial charge on any atom is 0.330 e. The van der Waals surface area contributed by atoms with E-state index in [1.807, 2.05) is 0 Å². The van der Waals surface area contributed by atoms with Gasteiger partial charge in [-0.25, -0.2) is 9.59 Å². The van der Waals surface area contributed by atoms with E-state index in [2.05, 4.69) is 0 Å². The van der Waals surface area contributed by atoms with Crippen LogP contribution in [0.25, 0.3) is 0 Å². The summed E-state index contributed by atoms with van der Waals surface area (Å²) < 4.78 is 76.8. The largest absolute Gasteiger partial charge is 0.481 e. The molecule has 30 heteroatoms. The first-order valence-corrected chi connectivity index (χ1v) is 29.4. The molecule has 490 valence electrons. The molecule has 0 spiro atoms. The van der Waals surface area contributed by atoms with E-state index >= 15 is 0 Å². The molecule has 0 radical (unpaired) electrons. The van der Waals surface area contributed by atoms with Gasteiger partial charge in [-0.2, -0.15) is 0 Å². The molecule has 13 N–H and O–H groups in total. The van der Waals surface area contributed by atoms with Gasteiger partial charge in [-0.1, -0.05) is 12.2 Å². The molecule has 8 fully saturated rings. The zero-order valence-corrected chi connectivity index (χ0v) is 48.0. The highest BCUT2D eigenvalue weighted by molar-refractivity contribution is 5.90. The molecular formula is C56H86O30. The van der Waals surface area contributed by atoms with Crippen molar-refractivity contribution in [3.8, 4) is 0 Å². The van der Waals surface area contributed by atoms with Crippen LogP contribution < -0.4 is 0 Å². The van der Waals surface area contributed by atoms with Crippen LogP contribution in [-0.4, -0.2) is 291 Å². The third-order valence-electron chi connectivity index (χ3n) is 18.0. The zero-order valence-electron chi connectivity index (χ0n) is 48.0. The van der Waals surface area contributed by atoms with Crippen molar-refractivity contribution in [3.05, 3.63) is 24.3 Å². The van der Waals surface area contributed by atoms with E-state index < -0.39 is 221 Å². The Morgan fingerprint density at radius 3 is 1.78 bits per heavy atom. The summed E-state index contributed by atoms with van der Waals surface area (Å²) in [5.74, 6) is -6.46. The van der Waals surface area contributed by atoms with Crippen LogP contribution in [-0.2, 0) is 80.8 Å². The Balaban J connectivity index is 1.06. The number of hydrogen-bond donors (Lipinski definition) is 13. The fourth-order valence-electron chi connectivity index (χ4n) is 13.1. The maximum absolute atomic E-state index is 13.6. The van der Waals surface area contributed by atoms with E-state index in [1.54, 1.807) is 6.08 Å². The molecule has 0 bridgehead atoms. The highest BCUT2D eigenvalue weighted by Gasteiger charge is 2.56. The fraction of sp³-hybridized carbons (Fsp3) is 0.857. The van der Waals surface area contributed by atoms with E-state index in [-0.39, 0.29) is 50.4 Å². The first kappa shape index (κ1) is 68.4. The van der Waals surface area contributed by atoms with Crippen molar-refractivity contribution >= 4 is 23.9 Å². The van der Waals surface area contributed by atoms with Crippen LogP contribution in [0.2, 0.25) is 0 Å². The van der Waals surface area contributed by atoms with Gasteiger partial charge in [-0.05, 0) is 82.0 Å². The van der Waals surface area contributed by atoms with Crippen molar-refractivity contribution in [1.29, 1.82) is 0 Å². The van der Waals surface area contributed by atoms with Crippen molar-refractivity contribution in [2.75, 3.05) is 41.2 Å². The van der Waals surface area contributed by atoms with Gasteiger partial charge in [-0.3, -0.25) is 9.59 Å². The first-order valence-electron chi connectivity index (χ1n) is 29.4. The molecule has 28 atom stereocenters. The zero-order chi connectivity index (χ0) is 62.3. The second-order valence-electron chi connectivity index (χ2n) is 23.8. The molecule has 30 nitrogen and oxygen atoms in total. The Kier molecular flexibility index (Phi) is 24.7. The minimum absolute atomic E-state index is 0.0149. The summed E-state index contributed by atoms with van der Waals surface area (Å²) in [5, 5.41) is 142. The number of fused-ring (bicyclic) bond motifs is 1. The number of ether oxygens (including phenoxy) is 13. The SMILES string of the molecule is COC1CC(C=CC(=O)OC[C@H]2O[C@@H](OC3CC4C(CC(O)CC4O[C@@H]4O[C@H](COC(=O)CC(=O)O)[C@@H](O)[C@H](O)[C@H]4O)OC3C3CCC(O)C(O)C3)[C@H](O[C@@H]3OC[C@@H](O)[C@H](O)[C@H]3OC(=O)C=CC3CC(OC)C(O)C(OC)C3)[C@@H](O)[C@@H]2O)CCC1O. The average Bonchev–Trinajstić information content (AvgIpc) is 1.80. The lowest BCUT2D eigenvalue weighted by atomic mass is 9.72. The minimum Gasteiger partial charge on any atom is -0.481 e. The van der Waals surface area contributed by atoms with Crippen molar-refractivity contribution in [2.24, 2.45) is 23.7 Å². The molecule has 0 amide bonds. The number of carbonyl (C=O) groups is 4. The molecule has 0 aromatic heterocycles. The van der Waals surface area contributed by atoms with Gasteiger partial charge in [0.25, 0.3) is 0 Å². The number of esters is 3. The molecular weight excluding hydrogens is 1150 g/mol. The van der Waals surface area contributed by atoms with Gasteiger partial charge in [0.1, 0.15) is 86.8 Å². The lowest BCUT2D eigenvalue weighted by molar-refractivity contribution is -0.373. The summed E-state index contributed by atoms with van der Waals surface area (Å²) in [6, 6.07) is 0. The first-order chi connectivity index (χ1) is 41.0. The number of aliphatic hydroxyl groups is 12. The lowest BCUT2D eigenvalue weighted by Crippen LogP contribution is -2.65. The second-order valence-corrected chi connectivity index (χ2v) is 23.8. The number of methoxy groups -OCH3 is 3. The van der Waals surface area contributed by atoms with E-state index in [0.29, 0.717) is 32.1 Å². The molecule has 4 aliphatic heterocycles. The van der Waals surface area contributed by atoms with Crippen molar-refractivity contribution in [1.82, 2.24) is 0 Å². The summed E-state index contributed by atoms with van der Waals surface area (Å²) in [7, 11) is 4.32. The molecule has 4 saturated heterocycles. The number of rotatable bonds is 21. The van der Waals surface area contributed by atoms with Crippen molar-refractivity contribution < 1.29 is 147 Å². The summed E-state index contributed by atoms with van der Waals surface area (Å²) in [6.45, 7) is -2.04. The minimum atomic E-state index is -2.04. The smallest absolute Gasteiger partial charge is 0.330 e. The van der Waals surface area contributed by atoms with Gasteiger partial charge in [0, 0.05) is 45.8 Å². The van der Waals surface area contributed by atoms with Crippen LogP contribution in [0.5, 0.6) is 0 Å². The molecule has 86 heavy (non-hydrogen) atoms. The van der Waals surface area contributed by atoms with E-state index in [4.69, 9.17) is 66.7 Å². The number of carbonyl (C=O) groups excluding carboxylic acids is 3. The van der Waals surface area contributed by atoms with E-state index in [1.165, 1.54) is 33.5 Å². The molecule has 14 unspecified atom stereocenters. The third-order valence-corrected chi connectivity index (χ3v) is 18.0. The summed E-state index contributed by atoms with van der Waals surface area (Å²) in [4.78, 5) is 50.0. The average molecular weight is 1240 g/mol. The number of carboxylic acid groups (broad SMARTS) is 1. The predicted molar refractivity (Wildman–Crippen MR) is 282 cm³/mol. The monoisotopic (exact) mass is 1240 g/mol. The van der Waals surface area contributed by atoms with Crippen LogP contribution in [0, 0.1) is 23.7 Å². The molecule has 8 rings (SSSR count). The predicted octanol–water partition coefficient (Wildman–Crippen LogP) is -4.51. The Morgan fingerprint density at radius 1 is 0.488 bits per heavy atom. The van der Waals surface area contributed by atoms with Crippen LogP contribution in [0.1, 0.15) is 77.0 Å². The van der Waals surface area contributed by atoms with Crippen molar-refractivity contribution in [2.45, 2.75) is 236 Å². The summed E-state index contributed by atoms with van der Waals surface area (Å²) in [5.41, 5.74) is 0. The Hall–Kier alpha value is -3.52. The number of allylic oxidation sites excluding steroid dienone is 2. The standard InChI is InChI=1S/C56H86O30/c1-74-34-12-23(4-8-29(34)59)5-10-41(64)77-21-39-47(70)49(72)53(86-55-52(44(67)31(61)20-79-55)85-42(65)11-6-24-13-35(75-2)45(68)36(14-24)76-3)56(84-39)82-37-18-27-32(80-51(37)25-7-9-28(58)30(60)15-25)16-26(57)17-33(27)81-54-50(73)48(71)46(69)38(83-54)22-78-43(66)19-40(62)63/h5-6,10-11,23-39,44-61,67-73H,4,7-9,12-22H2,1-3H3,(H,62,63)/t23?,24?,25?,26?,27?,28?,29?,30?,31-,32?,33?,34?,35?,36?,37?,38-,39-,44+,45?,46-,47-,48+,49+,50-,51?,52-,53-,54-,55+,56-/m1/s1. The van der Waals surface area contributed by atoms with Gasteiger partial charge in [0.05, 0.1) is 73.8 Å². The Morgan fingerprint density at radius 2 is 1.10 bits per heavy atom. The topological polar surface area (TPSA) is 451 Å². The van der Waals surface area contributed by atoms with Gasteiger partial charge in [0.2, 0.25) is 0 Å². The van der Waals surface area contributed by atoms with E-state index in [0.717, 1.165) is 6.08 Å². The summed E-state index contributed by atoms with van der Waals surface area (Å²) in [6.07, 6.45) is -29.8. The van der Waals surface area contributed by atoms with Gasteiger partial charge < -0.3 is 128 Å². The molecule has 0 aromatic carbocycles. The van der Waals surface area contributed by atoms with Crippen LogP contribution in [0.15, 0.2) is 24.3 Å². The van der Waals surface area contributed by atoms with Crippen LogP contribution in [0.3, 0.4) is 0 Å². The second kappa shape index (κ2) is 31.0. The summed E-state index contributed by atoms with van der Waals surface area (Å²) >= 11 is 0. The molecule has 4 heterocycles. The normalized spacial score (nSPS) is 45.9. The molecule has 0 aromatic rings. The van der Waals surface area contributed by atoms with E-state index in [9.17, 15) is 80.5 Å². The number of aliphatic carboxylic acids is 1. The Labute approximate surface area is 495 Å². The number of carboxylic acids is 1.